The third-order valence-corrected chi connectivity index (χ3v) is 5.18. The van der Waals surface area contributed by atoms with Crippen LogP contribution in [0.5, 0.6) is 0 Å². The Morgan fingerprint density at radius 3 is 2.82 bits per heavy atom. The molecule has 0 saturated carbocycles. The lowest BCUT2D eigenvalue weighted by Crippen LogP contribution is -2.39. The highest BCUT2D eigenvalue weighted by molar-refractivity contribution is 5.94. The summed E-state index contributed by atoms with van der Waals surface area (Å²) in [4.78, 5) is 23.7. The number of rotatable bonds is 3. The van der Waals surface area contributed by atoms with Crippen molar-refractivity contribution in [2.24, 2.45) is 0 Å². The van der Waals surface area contributed by atoms with Gasteiger partial charge in [0.2, 0.25) is 0 Å². The molecule has 1 saturated heterocycles. The van der Waals surface area contributed by atoms with Crippen LogP contribution in [-0.4, -0.2) is 33.9 Å². The maximum Gasteiger partial charge on any atom is 0.256 e. The Hall–Kier alpha value is -3.08. The summed E-state index contributed by atoms with van der Waals surface area (Å²) >= 11 is 0. The molecule has 0 spiro atoms. The lowest BCUT2D eigenvalue weighted by Gasteiger charge is -2.32. The van der Waals surface area contributed by atoms with Crippen LogP contribution in [0.2, 0.25) is 0 Å². The van der Waals surface area contributed by atoms with Crippen molar-refractivity contribution in [2.45, 2.75) is 25.7 Å². The zero-order chi connectivity index (χ0) is 19.5. The number of likely N-dealkylation sites (tertiary alicyclic amines) is 1. The summed E-state index contributed by atoms with van der Waals surface area (Å²) < 4.78 is 14.0. The van der Waals surface area contributed by atoms with Crippen molar-refractivity contribution in [3.05, 3.63) is 83.4 Å². The van der Waals surface area contributed by atoms with Gasteiger partial charge in [0.25, 0.3) is 5.91 Å². The molecule has 1 fully saturated rings. The minimum absolute atomic E-state index is 0.121. The summed E-state index contributed by atoms with van der Waals surface area (Å²) in [5.74, 6) is 0.0870. The van der Waals surface area contributed by atoms with E-state index >= 15 is 0 Å². The molecule has 0 bridgehead atoms. The minimum atomic E-state index is -0.474. The Bertz CT molecular complexity index is 1000. The monoisotopic (exact) mass is 375 g/mol. The molecule has 1 amide bonds. The van der Waals surface area contributed by atoms with Gasteiger partial charge in [0.15, 0.2) is 5.82 Å². The fraction of sp³-hybridized carbons (Fsp3) is 0.261. The molecule has 0 unspecified atom stereocenters. The lowest BCUT2D eigenvalue weighted by molar-refractivity contribution is 0.0701. The van der Waals surface area contributed by atoms with E-state index in [0.29, 0.717) is 18.9 Å². The van der Waals surface area contributed by atoms with E-state index in [0.717, 1.165) is 29.7 Å². The Morgan fingerprint density at radius 2 is 2.00 bits per heavy atom. The van der Waals surface area contributed by atoms with Crippen LogP contribution < -0.4 is 0 Å². The van der Waals surface area contributed by atoms with E-state index in [-0.39, 0.29) is 17.4 Å². The highest BCUT2D eigenvalue weighted by Gasteiger charge is 2.27. The summed E-state index contributed by atoms with van der Waals surface area (Å²) in [7, 11) is 0. The summed E-state index contributed by atoms with van der Waals surface area (Å²) in [6.07, 6.45) is 3.59. The molecule has 28 heavy (non-hydrogen) atoms. The molecule has 0 radical (unpaired) electrons. The van der Waals surface area contributed by atoms with E-state index in [2.05, 4.69) is 11.1 Å². The van der Waals surface area contributed by atoms with Crippen LogP contribution in [0.25, 0.3) is 11.4 Å². The van der Waals surface area contributed by atoms with Gasteiger partial charge in [-0.25, -0.2) is 14.4 Å². The van der Waals surface area contributed by atoms with Crippen molar-refractivity contribution in [3.63, 3.8) is 0 Å². The molecule has 1 atom stereocenters. The van der Waals surface area contributed by atoms with Gasteiger partial charge in [0, 0.05) is 36.5 Å². The fourth-order valence-electron chi connectivity index (χ4n) is 3.73. The minimum Gasteiger partial charge on any atom is -0.338 e. The number of hydrogen-bond acceptors (Lipinski definition) is 3. The molecule has 4 nitrogen and oxygen atoms in total. The molecule has 0 aliphatic carbocycles. The number of aryl methyl sites for hydroxylation is 1. The van der Waals surface area contributed by atoms with Crippen molar-refractivity contribution in [2.75, 3.05) is 13.1 Å². The highest BCUT2D eigenvalue weighted by atomic mass is 19.1. The number of carbonyl (C=O) groups is 1. The number of amides is 1. The second-order valence-electron chi connectivity index (χ2n) is 7.24. The Morgan fingerprint density at radius 1 is 1.14 bits per heavy atom. The molecular formula is C23H22FN3O. The van der Waals surface area contributed by atoms with E-state index in [1.165, 1.54) is 6.07 Å². The van der Waals surface area contributed by atoms with Crippen molar-refractivity contribution in [1.82, 2.24) is 14.9 Å². The number of benzene rings is 2. The van der Waals surface area contributed by atoms with Gasteiger partial charge in [-0.05, 0) is 44.0 Å². The van der Waals surface area contributed by atoms with Gasteiger partial charge in [-0.15, -0.1) is 0 Å². The average Bonchev–Trinajstić information content (AvgIpc) is 2.74. The van der Waals surface area contributed by atoms with Crippen LogP contribution in [0.15, 0.2) is 60.8 Å². The van der Waals surface area contributed by atoms with Crippen LogP contribution in [0, 0.1) is 12.7 Å². The number of nitrogens with zero attached hydrogens (tertiary/aromatic N) is 3. The van der Waals surface area contributed by atoms with Gasteiger partial charge in [-0.2, -0.15) is 0 Å². The second kappa shape index (κ2) is 7.89. The standard InChI is InChI=1S/C23H22FN3O/c1-16-6-4-7-17(14-16)22-25-12-11-21(26-22)18-8-5-13-27(15-18)23(28)19-9-2-3-10-20(19)24/h2-4,6-7,9-12,14,18H,5,8,13,15H2,1H3/t18-/m1/s1. The van der Waals surface area contributed by atoms with E-state index in [9.17, 15) is 9.18 Å². The Balaban J connectivity index is 1.56. The van der Waals surface area contributed by atoms with Gasteiger partial charge in [-0.1, -0.05) is 35.9 Å². The normalized spacial score (nSPS) is 16.8. The van der Waals surface area contributed by atoms with Crippen LogP contribution in [0.3, 0.4) is 0 Å². The lowest BCUT2D eigenvalue weighted by atomic mass is 9.94. The topological polar surface area (TPSA) is 46.1 Å². The van der Waals surface area contributed by atoms with Crippen LogP contribution in [0.4, 0.5) is 4.39 Å². The zero-order valence-electron chi connectivity index (χ0n) is 15.8. The van der Waals surface area contributed by atoms with Gasteiger partial charge < -0.3 is 4.90 Å². The van der Waals surface area contributed by atoms with Crippen molar-refractivity contribution in [3.8, 4) is 11.4 Å². The first-order chi connectivity index (χ1) is 13.6. The molecular weight excluding hydrogens is 353 g/mol. The maximum atomic E-state index is 14.0. The number of hydrogen-bond donors (Lipinski definition) is 0. The van der Waals surface area contributed by atoms with Gasteiger partial charge in [-0.3, -0.25) is 4.79 Å². The van der Waals surface area contributed by atoms with Crippen LogP contribution in [-0.2, 0) is 0 Å². The largest absolute Gasteiger partial charge is 0.338 e. The summed E-state index contributed by atoms with van der Waals surface area (Å²) in [5.41, 5.74) is 3.20. The fourth-order valence-corrected chi connectivity index (χ4v) is 3.73. The van der Waals surface area contributed by atoms with Crippen LogP contribution in [0.1, 0.15) is 40.4 Å². The molecule has 2 aromatic carbocycles. The Labute approximate surface area is 164 Å². The third kappa shape index (κ3) is 3.79. The van der Waals surface area contributed by atoms with Crippen molar-refractivity contribution in [1.29, 1.82) is 0 Å². The van der Waals surface area contributed by atoms with Gasteiger partial charge in [0.05, 0.1) is 5.56 Å². The van der Waals surface area contributed by atoms with Gasteiger partial charge >= 0.3 is 0 Å². The van der Waals surface area contributed by atoms with Crippen molar-refractivity contribution < 1.29 is 9.18 Å². The maximum absolute atomic E-state index is 14.0. The highest BCUT2D eigenvalue weighted by Crippen LogP contribution is 2.28. The Kier molecular flexibility index (Phi) is 5.15. The quantitative estimate of drug-likeness (QED) is 0.671. The number of aromatic nitrogens is 2. The molecule has 0 N–H and O–H groups in total. The smallest absolute Gasteiger partial charge is 0.256 e. The molecule has 1 aliphatic heterocycles. The molecule has 4 rings (SSSR count). The predicted molar refractivity (Wildman–Crippen MR) is 106 cm³/mol. The molecule has 3 aromatic rings. The van der Waals surface area contributed by atoms with E-state index in [4.69, 9.17) is 4.98 Å². The second-order valence-corrected chi connectivity index (χ2v) is 7.24. The molecule has 5 heteroatoms. The molecule has 1 aromatic heterocycles. The SMILES string of the molecule is Cc1cccc(-c2nccc([C@@H]3CCCN(C(=O)c4ccccc4F)C3)n2)c1. The summed E-state index contributed by atoms with van der Waals surface area (Å²) in [5, 5.41) is 0. The predicted octanol–water partition coefficient (Wildman–Crippen LogP) is 4.61. The van der Waals surface area contributed by atoms with Gasteiger partial charge in [0.1, 0.15) is 5.82 Å². The summed E-state index contributed by atoms with van der Waals surface area (Å²) in [6, 6.07) is 16.2. The third-order valence-electron chi connectivity index (χ3n) is 5.18. The molecule has 2 heterocycles. The van der Waals surface area contributed by atoms with Crippen LogP contribution >= 0.6 is 0 Å². The number of halogens is 1. The summed E-state index contributed by atoms with van der Waals surface area (Å²) in [6.45, 7) is 3.22. The van der Waals surface area contributed by atoms with Crippen molar-refractivity contribution >= 4 is 5.91 Å². The van der Waals surface area contributed by atoms with E-state index in [1.54, 1.807) is 29.3 Å². The first-order valence-electron chi connectivity index (χ1n) is 9.55. The first-order valence-corrected chi connectivity index (χ1v) is 9.55. The number of piperidine rings is 1. The first kappa shape index (κ1) is 18.3. The zero-order valence-corrected chi connectivity index (χ0v) is 15.8. The van der Waals surface area contributed by atoms with E-state index in [1.807, 2.05) is 31.2 Å². The average molecular weight is 375 g/mol. The number of carbonyl (C=O) groups excluding carboxylic acids is 1. The molecule has 142 valence electrons. The molecule has 1 aliphatic rings. The van der Waals surface area contributed by atoms with E-state index < -0.39 is 5.82 Å².